The Morgan fingerprint density at radius 3 is 2.60 bits per heavy atom. The van der Waals surface area contributed by atoms with Crippen LogP contribution >= 0.6 is 0 Å². The molecule has 7 nitrogen and oxygen atoms in total. The topological polar surface area (TPSA) is 81.9 Å². The monoisotopic (exact) mass is 337 g/mol. The first-order valence-corrected chi connectivity index (χ1v) is 7.85. The standard InChI is InChI=1S/C18H19N5O2/c1-12-7-9-14(10-8-12)11-23-18(25-3)16(21-22-23)17(24)20-15-6-4-5-13(2)19-15/h4-10H,11H2,1-3H3,(H,19,20,24). The second kappa shape index (κ2) is 7.12. The van der Waals surface area contributed by atoms with E-state index < -0.39 is 5.91 Å². The van der Waals surface area contributed by atoms with E-state index >= 15 is 0 Å². The number of nitrogens with zero attached hydrogens (tertiary/aromatic N) is 4. The number of nitrogens with one attached hydrogen (secondary N) is 1. The number of aryl methyl sites for hydroxylation is 2. The van der Waals surface area contributed by atoms with Gasteiger partial charge in [-0.15, -0.1) is 5.10 Å². The van der Waals surface area contributed by atoms with Crippen molar-refractivity contribution in [1.29, 1.82) is 0 Å². The lowest BCUT2D eigenvalue weighted by molar-refractivity contribution is 0.101. The van der Waals surface area contributed by atoms with Crippen LogP contribution in [0.3, 0.4) is 0 Å². The van der Waals surface area contributed by atoms with Crippen LogP contribution in [0.25, 0.3) is 0 Å². The number of aromatic nitrogens is 4. The van der Waals surface area contributed by atoms with Gasteiger partial charge in [0.05, 0.1) is 13.7 Å². The van der Waals surface area contributed by atoms with Crippen LogP contribution < -0.4 is 10.1 Å². The van der Waals surface area contributed by atoms with Gasteiger partial charge in [0.15, 0.2) is 0 Å². The number of amides is 1. The maximum atomic E-state index is 12.5. The van der Waals surface area contributed by atoms with Gasteiger partial charge in [0.25, 0.3) is 5.91 Å². The summed E-state index contributed by atoms with van der Waals surface area (Å²) in [5.41, 5.74) is 3.16. The van der Waals surface area contributed by atoms with E-state index in [-0.39, 0.29) is 5.69 Å². The van der Waals surface area contributed by atoms with E-state index in [0.717, 1.165) is 11.3 Å². The molecule has 7 heteroatoms. The lowest BCUT2D eigenvalue weighted by Crippen LogP contribution is -2.15. The third-order valence-corrected chi connectivity index (χ3v) is 3.68. The van der Waals surface area contributed by atoms with Crippen LogP contribution in [-0.4, -0.2) is 33.0 Å². The predicted molar refractivity (Wildman–Crippen MR) is 93.8 cm³/mol. The number of carbonyl (C=O) groups excluding carboxylic acids is 1. The molecule has 2 aromatic heterocycles. The minimum atomic E-state index is -0.412. The van der Waals surface area contributed by atoms with Crippen molar-refractivity contribution >= 4 is 11.7 Å². The maximum absolute atomic E-state index is 12.5. The Balaban J connectivity index is 1.81. The van der Waals surface area contributed by atoms with Gasteiger partial charge in [-0.25, -0.2) is 9.67 Å². The van der Waals surface area contributed by atoms with Crippen molar-refractivity contribution in [2.24, 2.45) is 0 Å². The SMILES string of the molecule is COc1c(C(=O)Nc2cccc(C)n2)nnn1Cc1ccc(C)cc1. The molecule has 0 aliphatic rings. The zero-order valence-electron chi connectivity index (χ0n) is 14.4. The number of methoxy groups -OCH3 is 1. The highest BCUT2D eigenvalue weighted by Crippen LogP contribution is 2.18. The number of ether oxygens (including phenoxy) is 1. The number of carbonyl (C=O) groups is 1. The zero-order chi connectivity index (χ0) is 17.8. The van der Waals surface area contributed by atoms with Gasteiger partial charge >= 0.3 is 0 Å². The minimum Gasteiger partial charge on any atom is -0.479 e. The summed E-state index contributed by atoms with van der Waals surface area (Å²) in [5.74, 6) is 0.357. The Bertz CT molecular complexity index is 887. The Morgan fingerprint density at radius 1 is 1.16 bits per heavy atom. The second-order valence-corrected chi connectivity index (χ2v) is 5.71. The van der Waals surface area contributed by atoms with Crippen LogP contribution in [0.15, 0.2) is 42.5 Å². The molecule has 0 unspecified atom stereocenters. The molecule has 128 valence electrons. The minimum absolute atomic E-state index is 0.123. The number of rotatable bonds is 5. The van der Waals surface area contributed by atoms with Crippen molar-refractivity contribution in [3.63, 3.8) is 0 Å². The fraction of sp³-hybridized carbons (Fsp3) is 0.222. The van der Waals surface area contributed by atoms with E-state index in [1.54, 1.807) is 10.7 Å². The second-order valence-electron chi connectivity index (χ2n) is 5.71. The van der Waals surface area contributed by atoms with Crippen molar-refractivity contribution in [2.75, 3.05) is 12.4 Å². The van der Waals surface area contributed by atoms with E-state index in [9.17, 15) is 4.79 Å². The van der Waals surface area contributed by atoms with Crippen molar-refractivity contribution in [1.82, 2.24) is 20.0 Å². The Hall–Kier alpha value is -3.22. The number of hydrogen-bond donors (Lipinski definition) is 1. The first kappa shape index (κ1) is 16.6. The van der Waals surface area contributed by atoms with Gasteiger partial charge in [-0.05, 0) is 31.5 Å². The molecule has 0 spiro atoms. The van der Waals surface area contributed by atoms with Crippen LogP contribution in [-0.2, 0) is 6.54 Å². The molecule has 3 aromatic rings. The molecule has 1 aromatic carbocycles. The third kappa shape index (κ3) is 3.82. The van der Waals surface area contributed by atoms with Crippen molar-refractivity contribution < 1.29 is 9.53 Å². The lowest BCUT2D eigenvalue weighted by atomic mass is 10.1. The van der Waals surface area contributed by atoms with Gasteiger partial charge < -0.3 is 10.1 Å². The summed E-state index contributed by atoms with van der Waals surface area (Å²) in [6.45, 7) is 4.35. The molecule has 0 saturated carbocycles. The first-order chi connectivity index (χ1) is 12.1. The lowest BCUT2D eigenvalue weighted by Gasteiger charge is -2.07. The van der Waals surface area contributed by atoms with Crippen LogP contribution in [0.1, 0.15) is 27.3 Å². The van der Waals surface area contributed by atoms with Crippen molar-refractivity contribution in [2.45, 2.75) is 20.4 Å². The molecule has 0 bridgehead atoms. The summed E-state index contributed by atoms with van der Waals surface area (Å²) in [7, 11) is 1.49. The molecule has 0 aliphatic carbocycles. The van der Waals surface area contributed by atoms with Gasteiger partial charge in [-0.3, -0.25) is 4.79 Å². The van der Waals surface area contributed by atoms with Crippen LogP contribution in [0.2, 0.25) is 0 Å². The maximum Gasteiger partial charge on any atom is 0.283 e. The first-order valence-electron chi connectivity index (χ1n) is 7.85. The predicted octanol–water partition coefficient (Wildman–Crippen LogP) is 2.60. The molecule has 0 aliphatic heterocycles. The molecular formula is C18H19N5O2. The molecule has 0 fully saturated rings. The fourth-order valence-electron chi connectivity index (χ4n) is 2.41. The van der Waals surface area contributed by atoms with Gasteiger partial charge in [0.1, 0.15) is 5.82 Å². The van der Waals surface area contributed by atoms with Crippen molar-refractivity contribution in [3.8, 4) is 5.88 Å². The summed E-state index contributed by atoms with van der Waals surface area (Å²) in [4.78, 5) is 16.7. The Labute approximate surface area is 145 Å². The van der Waals surface area contributed by atoms with E-state index in [1.165, 1.54) is 12.7 Å². The quantitative estimate of drug-likeness (QED) is 0.774. The summed E-state index contributed by atoms with van der Waals surface area (Å²) < 4.78 is 6.91. The average Bonchev–Trinajstić information content (AvgIpc) is 2.99. The zero-order valence-corrected chi connectivity index (χ0v) is 14.4. The highest BCUT2D eigenvalue weighted by Gasteiger charge is 2.21. The van der Waals surface area contributed by atoms with Gasteiger partial charge in [0.2, 0.25) is 11.6 Å². The molecular weight excluding hydrogens is 318 g/mol. The largest absolute Gasteiger partial charge is 0.479 e. The number of hydrogen-bond acceptors (Lipinski definition) is 5. The van der Waals surface area contributed by atoms with E-state index in [1.807, 2.05) is 50.2 Å². The van der Waals surface area contributed by atoms with Gasteiger partial charge in [-0.2, -0.15) is 0 Å². The highest BCUT2D eigenvalue weighted by molar-refractivity contribution is 6.03. The summed E-state index contributed by atoms with van der Waals surface area (Å²) in [6, 6.07) is 13.5. The molecule has 2 heterocycles. The van der Waals surface area contributed by atoms with Gasteiger partial charge in [0, 0.05) is 5.69 Å². The van der Waals surface area contributed by atoms with Crippen LogP contribution in [0.4, 0.5) is 5.82 Å². The van der Waals surface area contributed by atoms with E-state index in [4.69, 9.17) is 4.74 Å². The Kier molecular flexibility index (Phi) is 4.74. The normalized spacial score (nSPS) is 10.5. The summed E-state index contributed by atoms with van der Waals surface area (Å²) in [6.07, 6.45) is 0. The number of anilines is 1. The van der Waals surface area contributed by atoms with Crippen LogP contribution in [0.5, 0.6) is 5.88 Å². The Morgan fingerprint density at radius 2 is 1.92 bits per heavy atom. The number of benzene rings is 1. The smallest absolute Gasteiger partial charge is 0.283 e. The molecule has 1 N–H and O–H groups in total. The fourth-order valence-corrected chi connectivity index (χ4v) is 2.41. The molecule has 0 radical (unpaired) electrons. The molecule has 25 heavy (non-hydrogen) atoms. The summed E-state index contributed by atoms with van der Waals surface area (Å²) >= 11 is 0. The molecule has 3 rings (SSSR count). The summed E-state index contributed by atoms with van der Waals surface area (Å²) in [5, 5.41) is 10.7. The number of pyridine rings is 1. The molecule has 0 saturated heterocycles. The third-order valence-electron chi connectivity index (χ3n) is 3.68. The average molecular weight is 337 g/mol. The molecule has 1 amide bonds. The van der Waals surface area contributed by atoms with Crippen molar-refractivity contribution in [3.05, 3.63) is 65.0 Å². The van der Waals surface area contributed by atoms with Gasteiger partial charge in [-0.1, -0.05) is 41.1 Å². The molecule has 0 atom stereocenters. The highest BCUT2D eigenvalue weighted by atomic mass is 16.5. The van der Waals surface area contributed by atoms with Crippen LogP contribution in [0, 0.1) is 13.8 Å². The van der Waals surface area contributed by atoms with E-state index in [0.29, 0.717) is 18.2 Å². The van der Waals surface area contributed by atoms with E-state index in [2.05, 4.69) is 20.6 Å².